The average Bonchev–Trinajstić information content (AvgIpc) is 2.02. The summed E-state index contributed by atoms with van der Waals surface area (Å²) in [5.41, 5.74) is 1.25. The molecule has 0 radical (unpaired) electrons. The van der Waals surface area contributed by atoms with Crippen LogP contribution >= 0.6 is 11.6 Å². The molecule has 2 heteroatoms. The first-order chi connectivity index (χ1) is 5.97. The Kier molecular flexibility index (Phi) is 3.86. The van der Waals surface area contributed by atoms with Gasteiger partial charge in [-0.3, -0.25) is 0 Å². The van der Waals surface area contributed by atoms with Crippen LogP contribution in [-0.4, -0.2) is 18.4 Å². The van der Waals surface area contributed by atoms with Crippen LogP contribution in [-0.2, 0) is 0 Å². The second-order valence-corrected chi connectivity index (χ2v) is 19.1. The molecule has 0 fully saturated rings. The van der Waals surface area contributed by atoms with Gasteiger partial charge in [0, 0.05) is 0 Å². The van der Waals surface area contributed by atoms with Gasteiger partial charge in [-0.2, -0.15) is 0 Å². The molecule has 0 spiro atoms. The normalized spacial score (nSPS) is 12.3. The molecule has 0 aliphatic heterocycles. The third kappa shape index (κ3) is 4.72. The first-order valence-corrected chi connectivity index (χ1v) is 15.0. The van der Waals surface area contributed by atoms with Crippen molar-refractivity contribution in [2.45, 2.75) is 14.8 Å². The van der Waals surface area contributed by atoms with Crippen molar-refractivity contribution >= 4 is 36.1 Å². The maximum atomic E-state index is 5.79. The fraction of sp³-hybridized carbons (Fsp3) is 0.273. The Morgan fingerprint density at radius 3 is 2.08 bits per heavy atom. The first kappa shape index (κ1) is 11.1. The van der Waals surface area contributed by atoms with E-state index in [1.165, 1.54) is 5.56 Å². The minimum atomic E-state index is -1.73. The van der Waals surface area contributed by atoms with Gasteiger partial charge in [0.05, 0.1) is 0 Å². The van der Waals surface area contributed by atoms with Gasteiger partial charge in [0.1, 0.15) is 0 Å². The van der Waals surface area contributed by atoms with Crippen LogP contribution in [0.3, 0.4) is 0 Å². The Morgan fingerprint density at radius 2 is 1.62 bits per heavy atom. The van der Waals surface area contributed by atoms with E-state index in [9.17, 15) is 0 Å². The standard InChI is InChI=1S/C8H6Cl.3CH3.Sn/c1-2-7-3-5-8(9)6-4-7;;;;/h1-6H;3*1H3;. The molecular formula is C11H15ClSn. The Morgan fingerprint density at radius 1 is 1.08 bits per heavy atom. The van der Waals surface area contributed by atoms with E-state index in [2.05, 4.69) is 37.1 Å². The molecular weight excluding hydrogens is 286 g/mol. The summed E-state index contributed by atoms with van der Waals surface area (Å²) in [5.74, 6) is 0. The monoisotopic (exact) mass is 302 g/mol. The van der Waals surface area contributed by atoms with Crippen LogP contribution < -0.4 is 0 Å². The molecule has 0 aromatic heterocycles. The molecule has 0 aliphatic carbocycles. The van der Waals surface area contributed by atoms with E-state index in [0.717, 1.165) is 5.02 Å². The molecule has 0 saturated heterocycles. The van der Waals surface area contributed by atoms with Crippen LogP contribution in [0.4, 0.5) is 0 Å². The summed E-state index contributed by atoms with van der Waals surface area (Å²) in [7, 11) is 0. The number of hydrogen-bond donors (Lipinski definition) is 0. The van der Waals surface area contributed by atoms with E-state index in [1.807, 2.05) is 12.1 Å². The fourth-order valence-electron chi connectivity index (χ4n) is 0.920. The Bertz CT molecular complexity index is 293. The van der Waals surface area contributed by atoms with Gasteiger partial charge in [0.15, 0.2) is 0 Å². The molecule has 1 rings (SSSR count). The summed E-state index contributed by atoms with van der Waals surface area (Å²) < 4.78 is 2.40. The van der Waals surface area contributed by atoms with Crippen molar-refractivity contribution in [3.8, 4) is 0 Å². The van der Waals surface area contributed by atoms with Gasteiger partial charge in [-0.25, -0.2) is 0 Å². The van der Waals surface area contributed by atoms with Crippen LogP contribution in [0.25, 0.3) is 6.08 Å². The number of hydrogen-bond acceptors (Lipinski definition) is 0. The predicted octanol–water partition coefficient (Wildman–Crippen LogP) is 4.23. The SMILES string of the molecule is [CH3][Sn]([CH3])([CH3])/[CH]=C/c1ccc(Cl)cc1. The predicted molar refractivity (Wildman–Crippen MR) is 63.8 cm³/mol. The second-order valence-electron chi connectivity index (χ2n) is 4.25. The van der Waals surface area contributed by atoms with Crippen LogP contribution in [0.2, 0.25) is 19.8 Å². The number of benzene rings is 1. The molecule has 0 saturated carbocycles. The molecule has 1 aromatic rings. The van der Waals surface area contributed by atoms with E-state index in [0.29, 0.717) is 0 Å². The summed E-state index contributed by atoms with van der Waals surface area (Å²) in [6, 6.07) is 7.96. The zero-order valence-electron chi connectivity index (χ0n) is 8.34. The Labute approximate surface area is 89.5 Å². The van der Waals surface area contributed by atoms with Gasteiger partial charge in [-0.1, -0.05) is 0 Å². The van der Waals surface area contributed by atoms with Crippen LogP contribution in [0.5, 0.6) is 0 Å². The number of rotatable bonds is 2. The second kappa shape index (κ2) is 4.52. The van der Waals surface area contributed by atoms with Gasteiger partial charge in [0.2, 0.25) is 0 Å². The van der Waals surface area contributed by atoms with E-state index < -0.39 is 18.4 Å². The van der Waals surface area contributed by atoms with Crippen molar-refractivity contribution in [1.82, 2.24) is 0 Å². The molecule has 0 nitrogen and oxygen atoms in total. The minimum absolute atomic E-state index is 0.802. The molecule has 0 N–H and O–H groups in total. The third-order valence-electron chi connectivity index (χ3n) is 1.65. The summed E-state index contributed by atoms with van der Waals surface area (Å²) in [6.45, 7) is 0. The van der Waals surface area contributed by atoms with Gasteiger partial charge in [0.25, 0.3) is 0 Å². The van der Waals surface area contributed by atoms with Crippen molar-refractivity contribution in [3.05, 3.63) is 38.9 Å². The molecule has 0 amide bonds. The van der Waals surface area contributed by atoms with Crippen LogP contribution in [0.1, 0.15) is 5.56 Å². The third-order valence-corrected chi connectivity index (χ3v) is 5.23. The van der Waals surface area contributed by atoms with E-state index in [4.69, 9.17) is 11.6 Å². The van der Waals surface area contributed by atoms with Gasteiger partial charge < -0.3 is 0 Å². The molecule has 1 aromatic carbocycles. The first-order valence-electron chi connectivity index (χ1n) is 4.42. The van der Waals surface area contributed by atoms with Crippen molar-refractivity contribution in [3.63, 3.8) is 0 Å². The molecule has 0 bridgehead atoms. The van der Waals surface area contributed by atoms with E-state index in [-0.39, 0.29) is 0 Å². The van der Waals surface area contributed by atoms with Crippen molar-refractivity contribution in [2.75, 3.05) is 0 Å². The van der Waals surface area contributed by atoms with Gasteiger partial charge >= 0.3 is 89.8 Å². The van der Waals surface area contributed by atoms with Crippen LogP contribution in [0, 0.1) is 0 Å². The Hall–Kier alpha value is 0.0487. The molecule has 13 heavy (non-hydrogen) atoms. The summed E-state index contributed by atoms with van der Waals surface area (Å²) in [5, 5.41) is 0.802. The zero-order valence-corrected chi connectivity index (χ0v) is 12.0. The van der Waals surface area contributed by atoms with E-state index in [1.54, 1.807) is 0 Å². The average molecular weight is 301 g/mol. The molecule has 0 aliphatic rings. The summed E-state index contributed by atoms with van der Waals surface area (Å²) >= 11 is 4.06. The number of halogens is 1. The molecule has 0 atom stereocenters. The molecule has 0 heterocycles. The molecule has 0 unspecified atom stereocenters. The topological polar surface area (TPSA) is 0 Å². The van der Waals surface area contributed by atoms with E-state index >= 15 is 0 Å². The van der Waals surface area contributed by atoms with Gasteiger partial charge in [-0.05, 0) is 0 Å². The summed E-state index contributed by atoms with van der Waals surface area (Å²) in [4.78, 5) is 7.17. The fourth-order valence-corrected chi connectivity index (χ4v) is 3.02. The van der Waals surface area contributed by atoms with Crippen LogP contribution in [0.15, 0.2) is 28.4 Å². The van der Waals surface area contributed by atoms with Crippen molar-refractivity contribution < 1.29 is 0 Å². The quantitative estimate of drug-likeness (QED) is 0.717. The Balaban J connectivity index is 2.75. The molecule has 70 valence electrons. The zero-order chi connectivity index (χ0) is 9.90. The maximum absolute atomic E-state index is 5.79. The van der Waals surface area contributed by atoms with Crippen molar-refractivity contribution in [2.24, 2.45) is 0 Å². The van der Waals surface area contributed by atoms with Gasteiger partial charge in [-0.15, -0.1) is 0 Å². The summed E-state index contributed by atoms with van der Waals surface area (Å²) in [6.07, 6.45) is 2.21. The van der Waals surface area contributed by atoms with Crippen molar-refractivity contribution in [1.29, 1.82) is 0 Å².